The maximum Gasteiger partial charge on any atom is 0.124 e. The smallest absolute Gasteiger partial charge is 0.124 e. The van der Waals surface area contributed by atoms with Crippen LogP contribution in [0.3, 0.4) is 0 Å². The van der Waals surface area contributed by atoms with Gasteiger partial charge >= 0.3 is 0 Å². The van der Waals surface area contributed by atoms with Crippen molar-refractivity contribution >= 4 is 0 Å². The molecule has 2 heterocycles. The number of nitrogens with zero attached hydrogens (tertiary/aromatic N) is 2. The molecule has 0 aromatic carbocycles. The Kier molecular flexibility index (Phi) is 2.52. The lowest BCUT2D eigenvalue weighted by atomic mass is 10.1. The number of aromatic nitrogens is 2. The first kappa shape index (κ1) is 8.59. The number of hydrogen-bond acceptors (Lipinski definition) is 4. The van der Waals surface area contributed by atoms with Crippen molar-refractivity contribution in [1.82, 2.24) is 10.2 Å². The zero-order valence-corrected chi connectivity index (χ0v) is 7.26. The quantitative estimate of drug-likeness (QED) is 0.727. The predicted molar refractivity (Wildman–Crippen MR) is 46.0 cm³/mol. The predicted octanol–water partition coefficient (Wildman–Crippen LogP) is 0.689. The van der Waals surface area contributed by atoms with Crippen LogP contribution >= 0.6 is 0 Å². The van der Waals surface area contributed by atoms with Gasteiger partial charge in [0.2, 0.25) is 0 Å². The van der Waals surface area contributed by atoms with E-state index in [-0.39, 0.29) is 6.10 Å². The Labute approximate surface area is 76.6 Å². The summed E-state index contributed by atoms with van der Waals surface area (Å²) < 4.78 is 5.35. The molecule has 0 aliphatic carbocycles. The van der Waals surface area contributed by atoms with E-state index in [1.54, 1.807) is 18.3 Å². The highest BCUT2D eigenvalue weighted by atomic mass is 16.5. The molecule has 2 rings (SSSR count). The average molecular weight is 180 g/mol. The van der Waals surface area contributed by atoms with Crippen LogP contribution in [0.25, 0.3) is 0 Å². The molecule has 13 heavy (non-hydrogen) atoms. The Hall–Kier alpha value is -1.00. The van der Waals surface area contributed by atoms with E-state index < -0.39 is 6.10 Å². The molecule has 0 saturated carbocycles. The van der Waals surface area contributed by atoms with Crippen molar-refractivity contribution in [2.75, 3.05) is 6.61 Å². The summed E-state index contributed by atoms with van der Waals surface area (Å²) in [6, 6.07) is 3.53. The van der Waals surface area contributed by atoms with Crippen LogP contribution < -0.4 is 0 Å². The Morgan fingerprint density at radius 3 is 3.15 bits per heavy atom. The molecule has 1 saturated heterocycles. The van der Waals surface area contributed by atoms with Crippen LogP contribution in [0.4, 0.5) is 0 Å². The van der Waals surface area contributed by atoms with Crippen molar-refractivity contribution < 1.29 is 9.84 Å². The minimum atomic E-state index is -0.629. The second kappa shape index (κ2) is 3.81. The van der Waals surface area contributed by atoms with Gasteiger partial charge in [0.25, 0.3) is 0 Å². The molecule has 1 aliphatic heterocycles. The van der Waals surface area contributed by atoms with Crippen molar-refractivity contribution in [2.24, 2.45) is 0 Å². The lowest BCUT2D eigenvalue weighted by molar-refractivity contribution is -0.00512. The molecule has 0 amide bonds. The molecule has 4 nitrogen and oxygen atoms in total. The van der Waals surface area contributed by atoms with Gasteiger partial charge in [-0.2, -0.15) is 10.2 Å². The number of aliphatic hydroxyl groups is 1. The third kappa shape index (κ3) is 1.84. The molecule has 0 radical (unpaired) electrons. The molecule has 1 fully saturated rings. The third-order valence-corrected chi connectivity index (χ3v) is 2.21. The molecule has 1 N–H and O–H groups in total. The van der Waals surface area contributed by atoms with Gasteiger partial charge in [0.1, 0.15) is 6.10 Å². The van der Waals surface area contributed by atoms with E-state index in [4.69, 9.17) is 4.74 Å². The normalized spacial score (nSPS) is 24.5. The molecular formula is C9H12N2O2. The van der Waals surface area contributed by atoms with E-state index in [1.165, 1.54) is 0 Å². The molecule has 1 aromatic heterocycles. The summed E-state index contributed by atoms with van der Waals surface area (Å²) in [7, 11) is 0. The molecule has 0 bridgehead atoms. The van der Waals surface area contributed by atoms with E-state index in [9.17, 15) is 5.11 Å². The van der Waals surface area contributed by atoms with Gasteiger partial charge in [-0.3, -0.25) is 0 Å². The lowest BCUT2D eigenvalue weighted by Crippen LogP contribution is -2.18. The Balaban J connectivity index is 2.08. The van der Waals surface area contributed by atoms with Crippen LogP contribution in [0.1, 0.15) is 24.6 Å². The van der Waals surface area contributed by atoms with Gasteiger partial charge in [0.15, 0.2) is 0 Å². The van der Waals surface area contributed by atoms with E-state index in [1.807, 2.05) is 0 Å². The first-order valence-corrected chi connectivity index (χ1v) is 4.45. The summed E-state index contributed by atoms with van der Waals surface area (Å²) in [6.45, 7) is 0.738. The highest BCUT2D eigenvalue weighted by Gasteiger charge is 2.26. The SMILES string of the molecule is OC(c1cccnn1)C1CCCO1. The second-order valence-corrected chi connectivity index (χ2v) is 3.14. The van der Waals surface area contributed by atoms with Crippen molar-refractivity contribution in [3.63, 3.8) is 0 Å². The van der Waals surface area contributed by atoms with Crippen molar-refractivity contribution in [3.8, 4) is 0 Å². The topological polar surface area (TPSA) is 55.2 Å². The summed E-state index contributed by atoms with van der Waals surface area (Å²) in [5, 5.41) is 17.3. The van der Waals surface area contributed by atoms with Crippen LogP contribution in [0.2, 0.25) is 0 Å². The fourth-order valence-corrected chi connectivity index (χ4v) is 1.51. The molecule has 1 aromatic rings. The Morgan fingerprint density at radius 1 is 1.62 bits per heavy atom. The maximum atomic E-state index is 9.79. The summed E-state index contributed by atoms with van der Waals surface area (Å²) in [6.07, 6.45) is 2.78. The van der Waals surface area contributed by atoms with Crippen LogP contribution in [-0.2, 0) is 4.74 Å². The molecule has 4 heteroatoms. The summed E-state index contributed by atoms with van der Waals surface area (Å²) in [5.74, 6) is 0. The monoisotopic (exact) mass is 180 g/mol. The zero-order chi connectivity index (χ0) is 9.10. The second-order valence-electron chi connectivity index (χ2n) is 3.14. The molecule has 2 unspecified atom stereocenters. The van der Waals surface area contributed by atoms with Crippen LogP contribution in [-0.4, -0.2) is 28.0 Å². The van der Waals surface area contributed by atoms with Gasteiger partial charge in [0, 0.05) is 12.8 Å². The number of rotatable bonds is 2. The van der Waals surface area contributed by atoms with E-state index in [0.29, 0.717) is 5.69 Å². The van der Waals surface area contributed by atoms with Gasteiger partial charge in [-0.05, 0) is 25.0 Å². The van der Waals surface area contributed by atoms with Gasteiger partial charge in [-0.25, -0.2) is 0 Å². The third-order valence-electron chi connectivity index (χ3n) is 2.21. The molecule has 0 spiro atoms. The first-order valence-electron chi connectivity index (χ1n) is 4.45. The Morgan fingerprint density at radius 2 is 2.54 bits per heavy atom. The zero-order valence-electron chi connectivity index (χ0n) is 7.26. The Bertz CT molecular complexity index is 260. The van der Waals surface area contributed by atoms with Crippen molar-refractivity contribution in [3.05, 3.63) is 24.0 Å². The fraction of sp³-hybridized carbons (Fsp3) is 0.556. The summed E-state index contributed by atoms with van der Waals surface area (Å²) in [4.78, 5) is 0. The molecule has 70 valence electrons. The van der Waals surface area contributed by atoms with Crippen LogP contribution in [0, 0.1) is 0 Å². The van der Waals surface area contributed by atoms with E-state index in [0.717, 1.165) is 19.4 Å². The van der Waals surface area contributed by atoms with E-state index in [2.05, 4.69) is 10.2 Å². The molecular weight excluding hydrogens is 168 g/mol. The van der Waals surface area contributed by atoms with Crippen LogP contribution in [0.5, 0.6) is 0 Å². The lowest BCUT2D eigenvalue weighted by Gasteiger charge is -2.15. The molecule has 1 aliphatic rings. The highest BCUT2D eigenvalue weighted by molar-refractivity contribution is 5.05. The molecule has 2 atom stereocenters. The van der Waals surface area contributed by atoms with Crippen LogP contribution in [0.15, 0.2) is 18.3 Å². The largest absolute Gasteiger partial charge is 0.384 e. The van der Waals surface area contributed by atoms with Gasteiger partial charge in [-0.15, -0.1) is 0 Å². The van der Waals surface area contributed by atoms with Crippen molar-refractivity contribution in [2.45, 2.75) is 25.0 Å². The van der Waals surface area contributed by atoms with Gasteiger partial charge < -0.3 is 9.84 Å². The van der Waals surface area contributed by atoms with Gasteiger partial charge in [-0.1, -0.05) is 0 Å². The van der Waals surface area contributed by atoms with Gasteiger partial charge in [0.05, 0.1) is 11.8 Å². The summed E-state index contributed by atoms with van der Waals surface area (Å²) in [5.41, 5.74) is 0.592. The minimum absolute atomic E-state index is 0.100. The minimum Gasteiger partial charge on any atom is -0.384 e. The average Bonchev–Trinajstić information content (AvgIpc) is 2.71. The number of hydrogen-bond donors (Lipinski definition) is 1. The highest BCUT2D eigenvalue weighted by Crippen LogP contribution is 2.24. The van der Waals surface area contributed by atoms with E-state index >= 15 is 0 Å². The number of ether oxygens (including phenoxy) is 1. The summed E-state index contributed by atoms with van der Waals surface area (Å²) >= 11 is 0. The standard InChI is InChI=1S/C9H12N2O2/c12-9(8-4-2-6-13-8)7-3-1-5-10-11-7/h1,3,5,8-9,12H,2,4,6H2. The maximum absolute atomic E-state index is 9.79. The fourth-order valence-electron chi connectivity index (χ4n) is 1.51. The van der Waals surface area contributed by atoms with Crippen molar-refractivity contribution in [1.29, 1.82) is 0 Å². The number of aliphatic hydroxyl groups excluding tert-OH is 1. The first-order chi connectivity index (χ1) is 6.38.